The smallest absolute Gasteiger partial charge is 0.389 e. The minimum Gasteiger partial charge on any atom is -0.507 e. The number of carbonyl (C=O) groups is 1. The minimum atomic E-state index is -4.42. The third kappa shape index (κ3) is 2.95. The molecule has 0 bridgehead atoms. The Kier molecular flexibility index (Phi) is 3.77. The number of benzene rings is 1. The molecule has 5 nitrogen and oxygen atoms in total. The van der Waals surface area contributed by atoms with Gasteiger partial charge in [-0.15, -0.1) is 0 Å². The highest BCUT2D eigenvalue weighted by Crippen LogP contribution is 2.40. The van der Waals surface area contributed by atoms with Crippen LogP contribution in [0.2, 0.25) is 0 Å². The lowest BCUT2D eigenvalue weighted by Crippen LogP contribution is -2.24. The molecule has 128 valence electrons. The molecule has 0 saturated heterocycles. The maximum absolute atomic E-state index is 12.5. The van der Waals surface area contributed by atoms with Gasteiger partial charge < -0.3 is 14.3 Å². The third-order valence-electron chi connectivity index (χ3n) is 3.80. The lowest BCUT2D eigenvalue weighted by atomic mass is 9.95. The lowest BCUT2D eigenvalue weighted by Gasteiger charge is -2.23. The van der Waals surface area contributed by atoms with Gasteiger partial charge in [0.25, 0.3) is 0 Å². The summed E-state index contributed by atoms with van der Waals surface area (Å²) in [6.07, 6.45) is -6.46. The number of aryl methyl sites for hydroxylation is 1. The van der Waals surface area contributed by atoms with Crippen molar-refractivity contribution in [1.82, 2.24) is 0 Å². The Morgan fingerprint density at radius 2 is 2.00 bits per heavy atom. The van der Waals surface area contributed by atoms with Gasteiger partial charge in [0.1, 0.15) is 23.2 Å². The number of ether oxygens (including phenoxy) is 1. The van der Waals surface area contributed by atoms with Crippen LogP contribution in [0.1, 0.15) is 35.7 Å². The number of fused-ring (bicyclic) bond motifs is 3. The van der Waals surface area contributed by atoms with Crippen LogP contribution in [-0.2, 0) is 6.42 Å². The van der Waals surface area contributed by atoms with Crippen LogP contribution in [0, 0.1) is 0 Å². The molecule has 0 radical (unpaired) electrons. The average Bonchev–Trinajstić information content (AvgIpc) is 2.42. The van der Waals surface area contributed by atoms with Crippen molar-refractivity contribution in [3.05, 3.63) is 33.7 Å². The quantitative estimate of drug-likeness (QED) is 0.847. The molecule has 0 aliphatic carbocycles. The van der Waals surface area contributed by atoms with Gasteiger partial charge in [-0.3, -0.25) is 4.79 Å². The van der Waals surface area contributed by atoms with Crippen LogP contribution < -0.4 is 10.4 Å². The number of aromatic hydroxyl groups is 1. The molecule has 1 unspecified atom stereocenters. The number of phenolic OH excluding ortho intramolecular Hbond substituents is 1. The number of Topliss-reactive ketones (excluding diaryl/α,β-unsaturated/α-hetero) is 1. The van der Waals surface area contributed by atoms with E-state index in [2.05, 4.69) is 0 Å². The molecule has 8 heteroatoms. The van der Waals surface area contributed by atoms with Gasteiger partial charge in [-0.2, -0.15) is 13.2 Å². The van der Waals surface area contributed by atoms with Gasteiger partial charge in [-0.25, -0.2) is 4.79 Å². The maximum atomic E-state index is 12.5. The molecule has 0 amide bonds. The topological polar surface area (TPSA) is 76.7 Å². The molecule has 1 aliphatic rings. The normalized spacial score (nSPS) is 17.7. The zero-order valence-corrected chi connectivity index (χ0v) is 12.6. The van der Waals surface area contributed by atoms with Crippen molar-refractivity contribution in [2.45, 2.75) is 38.5 Å². The van der Waals surface area contributed by atoms with E-state index in [0.717, 1.165) is 6.07 Å². The Bertz CT molecular complexity index is 882. The predicted octanol–water partition coefficient (Wildman–Crippen LogP) is 3.35. The number of phenols is 1. The molecule has 0 spiro atoms. The zero-order chi connectivity index (χ0) is 17.6. The molecule has 0 saturated carbocycles. The fourth-order valence-electron chi connectivity index (χ4n) is 2.83. The molecular weight excluding hydrogens is 329 g/mol. The Balaban J connectivity index is 2.24. The Hall–Kier alpha value is -2.51. The van der Waals surface area contributed by atoms with E-state index >= 15 is 0 Å². The van der Waals surface area contributed by atoms with E-state index in [4.69, 9.17) is 9.15 Å². The fourth-order valence-corrected chi connectivity index (χ4v) is 2.83. The van der Waals surface area contributed by atoms with Gasteiger partial charge >= 0.3 is 11.8 Å². The molecule has 1 N–H and O–H groups in total. The van der Waals surface area contributed by atoms with Crippen LogP contribution in [0.4, 0.5) is 13.2 Å². The van der Waals surface area contributed by atoms with Crippen LogP contribution in [0.5, 0.6) is 11.5 Å². The van der Waals surface area contributed by atoms with E-state index in [9.17, 15) is 27.9 Å². The van der Waals surface area contributed by atoms with Crippen molar-refractivity contribution in [3.8, 4) is 11.5 Å². The van der Waals surface area contributed by atoms with Gasteiger partial charge in [0.15, 0.2) is 11.4 Å². The summed E-state index contributed by atoms with van der Waals surface area (Å²) < 4.78 is 47.9. The largest absolute Gasteiger partial charge is 0.507 e. The first-order valence-electron chi connectivity index (χ1n) is 7.25. The lowest BCUT2D eigenvalue weighted by molar-refractivity contribution is -0.133. The zero-order valence-electron chi connectivity index (χ0n) is 12.6. The molecule has 2 heterocycles. The SMILES string of the molecule is CC1CC(=O)c2c(cc(O)c3c(CCC(F)(F)F)cc(=O)oc23)O1. The van der Waals surface area contributed by atoms with Crippen molar-refractivity contribution in [2.75, 3.05) is 0 Å². The first kappa shape index (κ1) is 16.4. The molecule has 1 aromatic heterocycles. The number of carbonyl (C=O) groups excluding carboxylic acids is 1. The number of ketones is 1. The molecule has 1 aliphatic heterocycles. The van der Waals surface area contributed by atoms with Crippen molar-refractivity contribution in [1.29, 1.82) is 0 Å². The van der Waals surface area contributed by atoms with E-state index in [0.29, 0.717) is 0 Å². The summed E-state index contributed by atoms with van der Waals surface area (Å²) in [5, 5.41) is 10.1. The van der Waals surface area contributed by atoms with Crippen molar-refractivity contribution < 1.29 is 32.2 Å². The highest BCUT2D eigenvalue weighted by molar-refractivity contribution is 6.11. The monoisotopic (exact) mass is 342 g/mol. The molecular formula is C16H13F3O5. The second-order valence-corrected chi connectivity index (χ2v) is 5.73. The second kappa shape index (κ2) is 5.54. The van der Waals surface area contributed by atoms with Crippen LogP contribution in [0.3, 0.4) is 0 Å². The first-order chi connectivity index (χ1) is 11.2. The Morgan fingerprint density at radius 1 is 1.29 bits per heavy atom. The summed E-state index contributed by atoms with van der Waals surface area (Å²) in [7, 11) is 0. The molecule has 3 rings (SSSR count). The van der Waals surface area contributed by atoms with E-state index in [1.54, 1.807) is 6.92 Å². The maximum Gasteiger partial charge on any atom is 0.389 e. The number of alkyl halides is 3. The van der Waals surface area contributed by atoms with Gasteiger partial charge in [0.2, 0.25) is 0 Å². The van der Waals surface area contributed by atoms with Gasteiger partial charge in [-0.1, -0.05) is 0 Å². The Labute approximate surface area is 133 Å². The summed E-state index contributed by atoms with van der Waals surface area (Å²) in [4.78, 5) is 24.0. The minimum absolute atomic E-state index is 0.0214. The summed E-state index contributed by atoms with van der Waals surface area (Å²) in [5.74, 6) is -0.698. The molecule has 24 heavy (non-hydrogen) atoms. The van der Waals surface area contributed by atoms with Crippen molar-refractivity contribution in [3.63, 3.8) is 0 Å². The first-order valence-corrected chi connectivity index (χ1v) is 7.25. The van der Waals surface area contributed by atoms with Crippen LogP contribution >= 0.6 is 0 Å². The standard InChI is InChI=1S/C16H13F3O5/c1-7-4-9(20)14-11(23-7)6-10(21)13-8(2-3-16(17,18)19)5-12(22)24-15(13)14/h5-7,21H,2-4H2,1H3. The van der Waals surface area contributed by atoms with Gasteiger partial charge in [0.05, 0.1) is 5.39 Å². The van der Waals surface area contributed by atoms with E-state index in [1.165, 1.54) is 6.07 Å². The van der Waals surface area contributed by atoms with E-state index < -0.39 is 36.5 Å². The summed E-state index contributed by atoms with van der Waals surface area (Å²) >= 11 is 0. The van der Waals surface area contributed by atoms with E-state index in [-0.39, 0.29) is 40.0 Å². The molecule has 1 aromatic carbocycles. The van der Waals surface area contributed by atoms with Crippen LogP contribution in [-0.4, -0.2) is 23.2 Å². The van der Waals surface area contributed by atoms with Crippen LogP contribution in [0.15, 0.2) is 21.3 Å². The van der Waals surface area contributed by atoms with Gasteiger partial charge in [0, 0.05) is 25.0 Å². The number of hydrogen-bond acceptors (Lipinski definition) is 5. The predicted molar refractivity (Wildman–Crippen MR) is 77.6 cm³/mol. The van der Waals surface area contributed by atoms with Crippen molar-refractivity contribution >= 4 is 16.8 Å². The molecule has 1 atom stereocenters. The Morgan fingerprint density at radius 3 is 2.67 bits per heavy atom. The van der Waals surface area contributed by atoms with Gasteiger partial charge in [-0.05, 0) is 18.9 Å². The average molecular weight is 342 g/mol. The third-order valence-corrected chi connectivity index (χ3v) is 3.80. The number of hydrogen-bond donors (Lipinski definition) is 1. The number of halogens is 3. The van der Waals surface area contributed by atoms with Crippen molar-refractivity contribution in [2.24, 2.45) is 0 Å². The summed E-state index contributed by atoms with van der Waals surface area (Å²) in [5.41, 5.74) is -1.16. The molecule has 2 aromatic rings. The fraction of sp³-hybridized carbons (Fsp3) is 0.375. The highest BCUT2D eigenvalue weighted by atomic mass is 19.4. The second-order valence-electron chi connectivity index (χ2n) is 5.73. The van der Waals surface area contributed by atoms with E-state index in [1.807, 2.05) is 0 Å². The summed E-state index contributed by atoms with van der Waals surface area (Å²) in [6.45, 7) is 1.66. The molecule has 0 fully saturated rings. The summed E-state index contributed by atoms with van der Waals surface area (Å²) in [6, 6.07) is 2.07. The number of rotatable bonds is 2. The van der Waals surface area contributed by atoms with Crippen LogP contribution in [0.25, 0.3) is 11.0 Å². The highest BCUT2D eigenvalue weighted by Gasteiger charge is 2.31.